The summed E-state index contributed by atoms with van der Waals surface area (Å²) in [5, 5.41) is 0. The Balaban J connectivity index is 2.26. The number of sulfonamides is 1. The van der Waals surface area contributed by atoms with Gasteiger partial charge in [0.25, 0.3) is 0 Å². The monoisotopic (exact) mass is 399 g/mol. The number of hydrogen-bond acceptors (Lipinski definition) is 6. The molecule has 0 unspecified atom stereocenters. The van der Waals surface area contributed by atoms with E-state index in [4.69, 9.17) is 9.47 Å². The van der Waals surface area contributed by atoms with Crippen LogP contribution in [-0.2, 0) is 26.4 Å². The summed E-state index contributed by atoms with van der Waals surface area (Å²) in [6.07, 6.45) is 1.07. The lowest BCUT2D eigenvalue weighted by Crippen LogP contribution is -2.26. The SMILES string of the molecule is COc1ccc(CN(C)S(=O)(=O)c2ccc(S(C)(=O)=O)cc2)cc1OC. The number of sulfone groups is 1. The van der Waals surface area contributed by atoms with Crippen molar-refractivity contribution >= 4 is 19.9 Å². The Hall–Kier alpha value is -2.10. The van der Waals surface area contributed by atoms with Gasteiger partial charge in [-0.1, -0.05) is 6.07 Å². The molecule has 2 rings (SSSR count). The molecule has 0 fully saturated rings. The molecule has 142 valence electrons. The number of methoxy groups -OCH3 is 2. The maximum atomic E-state index is 12.7. The molecular formula is C17H21NO6S2. The molecule has 0 radical (unpaired) electrons. The first kappa shape index (κ1) is 20.2. The number of hydrogen-bond donors (Lipinski definition) is 0. The highest BCUT2D eigenvalue weighted by atomic mass is 32.2. The van der Waals surface area contributed by atoms with E-state index in [-0.39, 0.29) is 16.3 Å². The fourth-order valence-electron chi connectivity index (χ4n) is 2.36. The molecule has 0 atom stereocenters. The summed E-state index contributed by atoms with van der Waals surface area (Å²) < 4.78 is 60.0. The molecule has 0 amide bonds. The van der Waals surface area contributed by atoms with E-state index in [2.05, 4.69) is 0 Å². The first-order valence-corrected chi connectivity index (χ1v) is 10.9. The van der Waals surface area contributed by atoms with Gasteiger partial charge >= 0.3 is 0 Å². The topological polar surface area (TPSA) is 90.0 Å². The number of benzene rings is 2. The highest BCUT2D eigenvalue weighted by Gasteiger charge is 2.22. The first-order chi connectivity index (χ1) is 12.1. The summed E-state index contributed by atoms with van der Waals surface area (Å²) in [5.41, 5.74) is 0.724. The van der Waals surface area contributed by atoms with Crippen LogP contribution in [0.25, 0.3) is 0 Å². The Morgan fingerprint density at radius 3 is 1.88 bits per heavy atom. The summed E-state index contributed by atoms with van der Waals surface area (Å²) in [5.74, 6) is 1.06. The van der Waals surface area contributed by atoms with Crippen LogP contribution < -0.4 is 9.47 Å². The maximum Gasteiger partial charge on any atom is 0.243 e. The predicted molar refractivity (Wildman–Crippen MR) is 97.8 cm³/mol. The number of nitrogens with zero attached hydrogens (tertiary/aromatic N) is 1. The average molecular weight is 399 g/mol. The minimum Gasteiger partial charge on any atom is -0.493 e. The van der Waals surface area contributed by atoms with Crippen molar-refractivity contribution in [1.29, 1.82) is 0 Å². The van der Waals surface area contributed by atoms with E-state index in [0.717, 1.165) is 11.8 Å². The van der Waals surface area contributed by atoms with Crippen molar-refractivity contribution in [1.82, 2.24) is 4.31 Å². The second-order valence-electron chi connectivity index (χ2n) is 5.69. The van der Waals surface area contributed by atoms with E-state index in [0.29, 0.717) is 11.5 Å². The molecule has 0 saturated heterocycles. The third kappa shape index (κ3) is 4.35. The van der Waals surface area contributed by atoms with E-state index in [9.17, 15) is 16.8 Å². The van der Waals surface area contributed by atoms with Crippen molar-refractivity contribution < 1.29 is 26.3 Å². The minimum atomic E-state index is -3.77. The van der Waals surface area contributed by atoms with Crippen LogP contribution in [-0.4, -0.2) is 48.7 Å². The second-order valence-corrected chi connectivity index (χ2v) is 9.75. The van der Waals surface area contributed by atoms with Gasteiger partial charge in [-0.15, -0.1) is 0 Å². The van der Waals surface area contributed by atoms with E-state index < -0.39 is 19.9 Å². The van der Waals surface area contributed by atoms with Gasteiger partial charge in [0.1, 0.15) is 0 Å². The molecule has 0 aromatic heterocycles. The fourth-order valence-corrected chi connectivity index (χ4v) is 4.15. The molecule has 0 spiro atoms. The highest BCUT2D eigenvalue weighted by Crippen LogP contribution is 2.28. The molecule has 0 aliphatic carbocycles. The standard InChI is InChI=1S/C17H21NO6S2/c1-18(12-13-5-10-16(23-2)17(11-13)24-3)26(21,22)15-8-6-14(7-9-15)25(4,19)20/h5-11H,12H2,1-4H3. The molecular weight excluding hydrogens is 378 g/mol. The lowest BCUT2D eigenvalue weighted by molar-refractivity contribution is 0.354. The maximum absolute atomic E-state index is 12.7. The molecule has 0 heterocycles. The Morgan fingerprint density at radius 1 is 0.846 bits per heavy atom. The highest BCUT2D eigenvalue weighted by molar-refractivity contribution is 7.90. The van der Waals surface area contributed by atoms with E-state index >= 15 is 0 Å². The Labute approximate surface area is 154 Å². The summed E-state index contributed by atoms with van der Waals surface area (Å²) in [6.45, 7) is 0.122. The van der Waals surface area contributed by atoms with Crippen LogP contribution in [0.15, 0.2) is 52.3 Å². The molecule has 0 aliphatic rings. The zero-order chi connectivity index (χ0) is 19.5. The van der Waals surface area contributed by atoms with Crippen LogP contribution in [0.1, 0.15) is 5.56 Å². The average Bonchev–Trinajstić information content (AvgIpc) is 2.60. The van der Waals surface area contributed by atoms with Crippen LogP contribution in [0.3, 0.4) is 0 Å². The lowest BCUT2D eigenvalue weighted by atomic mass is 10.2. The van der Waals surface area contributed by atoms with Gasteiger partial charge in [-0.05, 0) is 42.0 Å². The Kier molecular flexibility index (Phi) is 5.94. The van der Waals surface area contributed by atoms with Crippen molar-refractivity contribution in [2.45, 2.75) is 16.3 Å². The van der Waals surface area contributed by atoms with Crippen LogP contribution in [0.5, 0.6) is 11.5 Å². The van der Waals surface area contributed by atoms with Gasteiger partial charge in [0.15, 0.2) is 21.3 Å². The Morgan fingerprint density at radius 2 is 1.38 bits per heavy atom. The lowest BCUT2D eigenvalue weighted by Gasteiger charge is -2.18. The fraction of sp³-hybridized carbons (Fsp3) is 0.294. The van der Waals surface area contributed by atoms with Crippen molar-refractivity contribution in [3.8, 4) is 11.5 Å². The van der Waals surface area contributed by atoms with Crippen LogP contribution in [0.2, 0.25) is 0 Å². The molecule has 7 nitrogen and oxygen atoms in total. The molecule has 9 heteroatoms. The molecule has 2 aromatic carbocycles. The van der Waals surface area contributed by atoms with Crippen LogP contribution in [0.4, 0.5) is 0 Å². The van der Waals surface area contributed by atoms with Crippen LogP contribution in [0, 0.1) is 0 Å². The minimum absolute atomic E-state index is 0.0212. The van der Waals surface area contributed by atoms with Gasteiger partial charge in [0, 0.05) is 19.8 Å². The van der Waals surface area contributed by atoms with E-state index in [1.807, 2.05) is 0 Å². The largest absolute Gasteiger partial charge is 0.493 e. The molecule has 0 saturated carbocycles. The van der Waals surface area contributed by atoms with Crippen molar-refractivity contribution in [2.24, 2.45) is 0 Å². The molecule has 26 heavy (non-hydrogen) atoms. The molecule has 2 aromatic rings. The summed E-state index contributed by atoms with van der Waals surface area (Å²) in [7, 11) is -2.67. The van der Waals surface area contributed by atoms with Gasteiger partial charge in [-0.25, -0.2) is 16.8 Å². The van der Waals surface area contributed by atoms with Crippen LogP contribution >= 0.6 is 0 Å². The third-order valence-electron chi connectivity index (χ3n) is 3.81. The quantitative estimate of drug-likeness (QED) is 0.707. The molecule has 0 bridgehead atoms. The molecule has 0 aliphatic heterocycles. The smallest absolute Gasteiger partial charge is 0.243 e. The summed E-state index contributed by atoms with van der Waals surface area (Å²) in [6, 6.07) is 10.3. The summed E-state index contributed by atoms with van der Waals surface area (Å²) in [4.78, 5) is 0.0897. The van der Waals surface area contributed by atoms with Crippen molar-refractivity contribution in [3.05, 3.63) is 48.0 Å². The Bertz CT molecular complexity index is 982. The van der Waals surface area contributed by atoms with Gasteiger partial charge in [-0.2, -0.15) is 4.31 Å². The molecule has 0 N–H and O–H groups in total. The summed E-state index contributed by atoms with van der Waals surface area (Å²) >= 11 is 0. The van der Waals surface area contributed by atoms with Gasteiger partial charge in [-0.3, -0.25) is 0 Å². The predicted octanol–water partition coefficient (Wildman–Crippen LogP) is 1.93. The zero-order valence-corrected chi connectivity index (χ0v) is 16.6. The third-order valence-corrected chi connectivity index (χ3v) is 6.76. The van der Waals surface area contributed by atoms with Crippen molar-refractivity contribution in [3.63, 3.8) is 0 Å². The van der Waals surface area contributed by atoms with Gasteiger partial charge in [0.05, 0.1) is 24.0 Å². The van der Waals surface area contributed by atoms with Gasteiger partial charge in [0.2, 0.25) is 10.0 Å². The van der Waals surface area contributed by atoms with Crippen molar-refractivity contribution in [2.75, 3.05) is 27.5 Å². The van der Waals surface area contributed by atoms with E-state index in [1.54, 1.807) is 18.2 Å². The normalized spacial score (nSPS) is 12.2. The zero-order valence-electron chi connectivity index (χ0n) is 15.0. The van der Waals surface area contributed by atoms with E-state index in [1.165, 1.54) is 49.8 Å². The number of rotatable bonds is 7. The van der Waals surface area contributed by atoms with Gasteiger partial charge < -0.3 is 9.47 Å². The first-order valence-electron chi connectivity index (χ1n) is 7.57. The second kappa shape index (κ2) is 7.65. The number of ether oxygens (including phenoxy) is 2.